The van der Waals surface area contributed by atoms with Crippen LogP contribution in [0.5, 0.6) is 0 Å². The average molecular weight is 313 g/mol. The second-order valence-electron chi connectivity index (χ2n) is 5.27. The van der Waals surface area contributed by atoms with Gasteiger partial charge in [0.2, 0.25) is 11.9 Å². The van der Waals surface area contributed by atoms with Crippen LogP contribution in [0.3, 0.4) is 0 Å². The van der Waals surface area contributed by atoms with Crippen LogP contribution >= 0.6 is 0 Å². The second kappa shape index (κ2) is 8.03. The zero-order chi connectivity index (χ0) is 16.7. The zero-order valence-corrected chi connectivity index (χ0v) is 13.0. The third-order valence-corrected chi connectivity index (χ3v) is 3.44. The van der Waals surface area contributed by atoms with Crippen LogP contribution in [0.25, 0.3) is 0 Å². The van der Waals surface area contributed by atoms with Gasteiger partial charge in [-0.25, -0.2) is 4.98 Å². The number of anilines is 1. The molecular formula is C17H19N3O3. The molecule has 2 N–H and O–H groups in total. The van der Waals surface area contributed by atoms with Gasteiger partial charge in [0.1, 0.15) is 5.69 Å². The summed E-state index contributed by atoms with van der Waals surface area (Å²) in [4.78, 5) is 40.7. The van der Waals surface area contributed by atoms with E-state index in [0.717, 1.165) is 19.3 Å². The molecule has 6 heteroatoms. The van der Waals surface area contributed by atoms with Gasteiger partial charge in [-0.1, -0.05) is 30.3 Å². The van der Waals surface area contributed by atoms with E-state index < -0.39 is 0 Å². The van der Waals surface area contributed by atoms with Crippen LogP contribution in [0.15, 0.2) is 35.1 Å². The molecule has 0 aliphatic rings. The average Bonchev–Trinajstić information content (AvgIpc) is 2.53. The molecule has 1 aromatic carbocycles. The number of amides is 1. The molecular weight excluding hydrogens is 294 g/mol. The quantitative estimate of drug-likeness (QED) is 0.605. The number of aryl methyl sites for hydroxylation is 1. The first-order valence-corrected chi connectivity index (χ1v) is 7.50. The van der Waals surface area contributed by atoms with Crippen molar-refractivity contribution in [3.63, 3.8) is 0 Å². The van der Waals surface area contributed by atoms with Gasteiger partial charge >= 0.3 is 0 Å². The van der Waals surface area contributed by atoms with Crippen LogP contribution in [0.4, 0.5) is 5.95 Å². The van der Waals surface area contributed by atoms with E-state index in [1.165, 1.54) is 12.5 Å². The maximum atomic E-state index is 12.1. The summed E-state index contributed by atoms with van der Waals surface area (Å²) in [5.41, 5.74) is 1.31. The highest BCUT2D eigenvalue weighted by molar-refractivity contribution is 5.87. The summed E-state index contributed by atoms with van der Waals surface area (Å²) in [6.45, 7) is 1.30. The van der Waals surface area contributed by atoms with Crippen LogP contribution < -0.4 is 10.9 Å². The van der Waals surface area contributed by atoms with Crippen molar-refractivity contribution in [3.8, 4) is 0 Å². The van der Waals surface area contributed by atoms with Crippen molar-refractivity contribution >= 4 is 18.1 Å². The molecule has 120 valence electrons. The highest BCUT2D eigenvalue weighted by atomic mass is 16.2. The van der Waals surface area contributed by atoms with Crippen molar-refractivity contribution in [2.45, 2.75) is 32.6 Å². The SMILES string of the molecule is CC(=O)Nc1nc(C=O)c(CCCCc2ccccc2)c(=O)[nH]1. The summed E-state index contributed by atoms with van der Waals surface area (Å²) >= 11 is 0. The van der Waals surface area contributed by atoms with Crippen molar-refractivity contribution < 1.29 is 9.59 Å². The maximum Gasteiger partial charge on any atom is 0.256 e. The maximum absolute atomic E-state index is 12.1. The molecule has 2 aromatic rings. The van der Waals surface area contributed by atoms with Gasteiger partial charge in [0, 0.05) is 12.5 Å². The highest BCUT2D eigenvalue weighted by Crippen LogP contribution is 2.09. The fourth-order valence-electron chi connectivity index (χ4n) is 2.36. The Morgan fingerprint density at radius 3 is 2.57 bits per heavy atom. The molecule has 1 amide bonds. The number of benzene rings is 1. The number of unbranched alkanes of at least 4 members (excludes halogenated alkanes) is 1. The predicted molar refractivity (Wildman–Crippen MR) is 87.6 cm³/mol. The highest BCUT2D eigenvalue weighted by Gasteiger charge is 2.11. The van der Waals surface area contributed by atoms with Crippen LogP contribution in [0.2, 0.25) is 0 Å². The Bertz CT molecular complexity index is 738. The van der Waals surface area contributed by atoms with E-state index in [-0.39, 0.29) is 23.1 Å². The third kappa shape index (κ3) is 4.88. The lowest BCUT2D eigenvalue weighted by Crippen LogP contribution is -2.22. The van der Waals surface area contributed by atoms with Gasteiger partial charge in [-0.05, 0) is 31.2 Å². The number of nitrogens with one attached hydrogen (secondary N) is 2. The number of aldehydes is 1. The molecule has 23 heavy (non-hydrogen) atoms. The Balaban J connectivity index is 2.00. The Kier molecular flexibility index (Phi) is 5.80. The number of aromatic amines is 1. The normalized spacial score (nSPS) is 10.3. The second-order valence-corrected chi connectivity index (χ2v) is 5.27. The molecule has 0 spiro atoms. The predicted octanol–water partition coefficient (Wildman–Crippen LogP) is 2.11. The Labute approximate surface area is 134 Å². The number of rotatable bonds is 7. The lowest BCUT2D eigenvalue weighted by Gasteiger charge is -2.07. The Morgan fingerprint density at radius 2 is 1.91 bits per heavy atom. The first-order valence-electron chi connectivity index (χ1n) is 7.50. The fraction of sp³-hybridized carbons (Fsp3) is 0.294. The molecule has 0 aliphatic heterocycles. The van der Waals surface area contributed by atoms with Gasteiger partial charge in [-0.15, -0.1) is 0 Å². The van der Waals surface area contributed by atoms with E-state index in [0.29, 0.717) is 18.3 Å². The van der Waals surface area contributed by atoms with Crippen molar-refractivity contribution in [3.05, 3.63) is 57.5 Å². The van der Waals surface area contributed by atoms with Crippen LogP contribution in [-0.4, -0.2) is 22.2 Å². The monoisotopic (exact) mass is 313 g/mol. The molecule has 6 nitrogen and oxygen atoms in total. The molecule has 0 unspecified atom stereocenters. The van der Waals surface area contributed by atoms with Crippen LogP contribution in [-0.2, 0) is 17.6 Å². The number of hydrogen-bond acceptors (Lipinski definition) is 4. The number of carbonyl (C=O) groups is 2. The zero-order valence-electron chi connectivity index (χ0n) is 13.0. The molecule has 0 saturated carbocycles. The van der Waals surface area contributed by atoms with Gasteiger partial charge in [0.25, 0.3) is 5.56 Å². The van der Waals surface area contributed by atoms with Crippen molar-refractivity contribution in [2.75, 3.05) is 5.32 Å². The summed E-state index contributed by atoms with van der Waals surface area (Å²) in [5.74, 6) is -0.363. The van der Waals surface area contributed by atoms with Crippen molar-refractivity contribution in [2.24, 2.45) is 0 Å². The standard InChI is InChI=1S/C17H19N3O3/c1-12(22)18-17-19-15(11-21)14(16(23)20-17)10-6-5-9-13-7-3-2-4-8-13/h2-4,7-8,11H,5-6,9-10H2,1H3,(H2,18,19,20,22,23). The Hall–Kier alpha value is -2.76. The molecule has 1 aromatic heterocycles. The summed E-state index contributed by atoms with van der Waals surface area (Å²) in [6.07, 6.45) is 3.64. The topological polar surface area (TPSA) is 91.9 Å². The van der Waals surface area contributed by atoms with Gasteiger partial charge in [0.05, 0.1) is 0 Å². The van der Waals surface area contributed by atoms with E-state index in [9.17, 15) is 14.4 Å². The number of aromatic nitrogens is 2. The minimum absolute atomic E-state index is 0.00219. The lowest BCUT2D eigenvalue weighted by atomic mass is 10.0. The first kappa shape index (κ1) is 16.6. The minimum atomic E-state index is -0.384. The Morgan fingerprint density at radius 1 is 1.22 bits per heavy atom. The molecule has 2 rings (SSSR count). The lowest BCUT2D eigenvalue weighted by molar-refractivity contribution is -0.114. The third-order valence-electron chi connectivity index (χ3n) is 3.44. The molecule has 0 bridgehead atoms. The smallest absolute Gasteiger partial charge is 0.256 e. The van der Waals surface area contributed by atoms with Crippen LogP contribution in [0.1, 0.15) is 41.4 Å². The summed E-state index contributed by atoms with van der Waals surface area (Å²) < 4.78 is 0. The van der Waals surface area contributed by atoms with Gasteiger partial charge < -0.3 is 0 Å². The van der Waals surface area contributed by atoms with E-state index in [1.54, 1.807) is 0 Å². The van der Waals surface area contributed by atoms with E-state index in [2.05, 4.69) is 27.4 Å². The number of hydrogen-bond donors (Lipinski definition) is 2. The summed E-state index contributed by atoms with van der Waals surface area (Å²) in [5, 5.41) is 2.37. The molecule has 1 heterocycles. The number of H-pyrrole nitrogens is 1. The number of carbonyl (C=O) groups excluding carboxylic acids is 2. The van der Waals surface area contributed by atoms with E-state index in [4.69, 9.17) is 0 Å². The fourth-order valence-corrected chi connectivity index (χ4v) is 2.36. The van der Waals surface area contributed by atoms with Crippen LogP contribution in [0, 0.1) is 0 Å². The van der Waals surface area contributed by atoms with Gasteiger partial charge in [-0.3, -0.25) is 24.7 Å². The summed E-state index contributed by atoms with van der Waals surface area (Å²) in [6, 6.07) is 10.1. The molecule has 0 saturated heterocycles. The largest absolute Gasteiger partial charge is 0.296 e. The summed E-state index contributed by atoms with van der Waals surface area (Å²) in [7, 11) is 0. The minimum Gasteiger partial charge on any atom is -0.296 e. The van der Waals surface area contributed by atoms with Crippen molar-refractivity contribution in [1.82, 2.24) is 9.97 Å². The van der Waals surface area contributed by atoms with E-state index >= 15 is 0 Å². The molecule has 0 radical (unpaired) electrons. The molecule has 0 atom stereocenters. The molecule has 0 aliphatic carbocycles. The molecule has 0 fully saturated rings. The van der Waals surface area contributed by atoms with Gasteiger partial charge in [-0.2, -0.15) is 0 Å². The van der Waals surface area contributed by atoms with E-state index in [1.807, 2.05) is 18.2 Å². The number of nitrogens with zero attached hydrogens (tertiary/aromatic N) is 1. The first-order chi connectivity index (χ1) is 11.1. The van der Waals surface area contributed by atoms with Crippen molar-refractivity contribution in [1.29, 1.82) is 0 Å². The van der Waals surface area contributed by atoms with Gasteiger partial charge in [0.15, 0.2) is 6.29 Å².